The largest absolute Gasteiger partial charge is 0.396 e. The molecule has 10 heteroatoms. The molecule has 3 aromatic heterocycles. The zero-order chi connectivity index (χ0) is 23.5. The molecule has 5 N–H and O–H groups in total. The number of pyridine rings is 1. The second kappa shape index (κ2) is 9.82. The summed E-state index contributed by atoms with van der Waals surface area (Å²) in [7, 11) is 0. The molecule has 0 aliphatic heterocycles. The Morgan fingerprint density at radius 2 is 1.85 bits per heavy atom. The summed E-state index contributed by atoms with van der Waals surface area (Å²) < 4.78 is 0. The topological polar surface area (TPSA) is 136 Å². The fourth-order valence-electron chi connectivity index (χ4n) is 4.04. The van der Waals surface area contributed by atoms with Gasteiger partial charge in [0.15, 0.2) is 0 Å². The second-order valence-corrected chi connectivity index (χ2v) is 8.99. The smallest absolute Gasteiger partial charge is 0.229 e. The highest BCUT2D eigenvalue weighted by molar-refractivity contribution is 7.13. The van der Waals surface area contributed by atoms with Gasteiger partial charge in [0.05, 0.1) is 35.3 Å². The van der Waals surface area contributed by atoms with E-state index in [0.29, 0.717) is 23.8 Å². The Balaban J connectivity index is 1.49. The Hall–Kier alpha value is -3.44. The maximum atomic E-state index is 10.5. The first kappa shape index (κ1) is 22.4. The predicted octanol–water partition coefficient (Wildman–Crippen LogP) is 2.92. The van der Waals surface area contributed by atoms with E-state index in [9.17, 15) is 15.3 Å². The minimum absolute atomic E-state index is 0.201. The van der Waals surface area contributed by atoms with Crippen LogP contribution in [0.1, 0.15) is 6.42 Å². The van der Waals surface area contributed by atoms with Crippen molar-refractivity contribution in [3.63, 3.8) is 0 Å². The van der Waals surface area contributed by atoms with Gasteiger partial charge in [-0.05, 0) is 18.6 Å². The van der Waals surface area contributed by atoms with Crippen molar-refractivity contribution in [1.82, 2.24) is 19.9 Å². The molecule has 1 fully saturated rings. The van der Waals surface area contributed by atoms with Crippen molar-refractivity contribution >= 4 is 28.8 Å². The third-order valence-electron chi connectivity index (χ3n) is 5.87. The van der Waals surface area contributed by atoms with E-state index in [4.69, 9.17) is 4.98 Å². The lowest BCUT2D eigenvalue weighted by Gasteiger charge is -2.20. The molecule has 1 saturated carbocycles. The van der Waals surface area contributed by atoms with Crippen molar-refractivity contribution in [2.24, 2.45) is 5.92 Å². The summed E-state index contributed by atoms with van der Waals surface area (Å²) in [5.74, 6) is 0.423. The summed E-state index contributed by atoms with van der Waals surface area (Å²) in [5.41, 5.74) is 3.27. The lowest BCUT2D eigenvalue weighted by atomic mass is 10.1. The Bertz CT molecular complexity index is 1240. The minimum Gasteiger partial charge on any atom is -0.396 e. The number of benzene rings is 1. The van der Waals surface area contributed by atoms with E-state index in [0.717, 1.165) is 22.0 Å². The zero-order valence-corrected chi connectivity index (χ0v) is 18.9. The van der Waals surface area contributed by atoms with Gasteiger partial charge in [-0.25, -0.2) is 9.97 Å². The van der Waals surface area contributed by atoms with Crippen LogP contribution in [-0.2, 0) is 0 Å². The highest BCUT2D eigenvalue weighted by atomic mass is 32.1. The van der Waals surface area contributed by atoms with Crippen LogP contribution in [0.4, 0.5) is 17.5 Å². The van der Waals surface area contributed by atoms with Crippen molar-refractivity contribution in [3.05, 3.63) is 66.4 Å². The van der Waals surface area contributed by atoms with Crippen molar-refractivity contribution in [2.45, 2.75) is 24.7 Å². The normalized spacial score (nSPS) is 22.0. The van der Waals surface area contributed by atoms with Gasteiger partial charge >= 0.3 is 0 Å². The molecular formula is C24H24N6O3S. The molecule has 1 aliphatic rings. The lowest BCUT2D eigenvalue weighted by molar-refractivity contribution is 0.00446. The van der Waals surface area contributed by atoms with Crippen LogP contribution < -0.4 is 10.6 Å². The van der Waals surface area contributed by atoms with E-state index in [1.807, 2.05) is 47.8 Å². The Labute approximate surface area is 200 Å². The van der Waals surface area contributed by atoms with Gasteiger partial charge in [-0.15, -0.1) is 11.3 Å². The van der Waals surface area contributed by atoms with E-state index in [1.54, 1.807) is 18.6 Å². The van der Waals surface area contributed by atoms with Gasteiger partial charge in [0, 0.05) is 35.9 Å². The molecule has 1 aromatic carbocycles. The standard InChI is InChI=1S/C24H24N6O3S/c31-12-15-9-18(21(33)20(15)32)28-22-17(11-26-24(30-22)27-16-7-4-8-25-10-16)23-29-19(13-34-23)14-5-2-1-3-6-14/h1-8,10-11,13,15,18,20-21,31-33H,9,12H2,(H2,26,27,28,30). The molecule has 0 saturated heterocycles. The molecule has 174 valence electrons. The van der Waals surface area contributed by atoms with Gasteiger partial charge < -0.3 is 26.0 Å². The molecule has 1 aliphatic carbocycles. The maximum Gasteiger partial charge on any atom is 0.229 e. The molecule has 0 spiro atoms. The summed E-state index contributed by atoms with van der Waals surface area (Å²) in [6.07, 6.45) is 3.39. The molecule has 9 nitrogen and oxygen atoms in total. The Morgan fingerprint density at radius 3 is 2.59 bits per heavy atom. The molecule has 0 bridgehead atoms. The number of anilines is 3. The van der Waals surface area contributed by atoms with E-state index in [2.05, 4.69) is 25.6 Å². The number of aliphatic hydroxyl groups is 3. The van der Waals surface area contributed by atoms with Crippen LogP contribution in [0.25, 0.3) is 21.8 Å². The highest BCUT2D eigenvalue weighted by Crippen LogP contribution is 2.35. The molecule has 4 atom stereocenters. The summed E-state index contributed by atoms with van der Waals surface area (Å²) in [6.45, 7) is -0.201. The number of aliphatic hydroxyl groups excluding tert-OH is 3. The monoisotopic (exact) mass is 476 g/mol. The minimum atomic E-state index is -1.04. The van der Waals surface area contributed by atoms with Crippen LogP contribution in [0.15, 0.2) is 66.4 Å². The van der Waals surface area contributed by atoms with Gasteiger partial charge in [-0.2, -0.15) is 4.98 Å². The summed E-state index contributed by atoms with van der Waals surface area (Å²) >= 11 is 1.47. The molecule has 34 heavy (non-hydrogen) atoms. The van der Waals surface area contributed by atoms with Gasteiger partial charge in [0.1, 0.15) is 16.9 Å². The first-order chi connectivity index (χ1) is 16.6. The first-order valence-corrected chi connectivity index (χ1v) is 11.8. The SMILES string of the molecule is OCC1CC(Nc2nc(Nc3cccnc3)ncc2-c2nc(-c3ccccc3)cs2)C(O)C1O. The molecule has 5 rings (SSSR count). The number of aromatic nitrogens is 4. The van der Waals surface area contributed by atoms with Gasteiger partial charge in [-0.3, -0.25) is 4.98 Å². The predicted molar refractivity (Wildman–Crippen MR) is 131 cm³/mol. The molecule has 4 unspecified atom stereocenters. The van der Waals surface area contributed by atoms with Gasteiger partial charge in [-0.1, -0.05) is 30.3 Å². The van der Waals surface area contributed by atoms with Crippen LogP contribution in [-0.4, -0.2) is 60.1 Å². The Morgan fingerprint density at radius 1 is 1.00 bits per heavy atom. The fraction of sp³-hybridized carbons (Fsp3) is 0.250. The van der Waals surface area contributed by atoms with Crippen LogP contribution in [0.5, 0.6) is 0 Å². The Kier molecular flexibility index (Phi) is 6.45. The van der Waals surface area contributed by atoms with Crippen molar-refractivity contribution in [3.8, 4) is 21.8 Å². The van der Waals surface area contributed by atoms with E-state index < -0.39 is 24.2 Å². The molecule has 4 aromatic rings. The van der Waals surface area contributed by atoms with E-state index in [1.165, 1.54) is 11.3 Å². The summed E-state index contributed by atoms with van der Waals surface area (Å²) in [5, 5.41) is 39.4. The number of rotatable bonds is 7. The molecular weight excluding hydrogens is 452 g/mol. The number of thiazole rings is 1. The zero-order valence-electron chi connectivity index (χ0n) is 18.1. The first-order valence-electron chi connectivity index (χ1n) is 10.9. The average molecular weight is 477 g/mol. The average Bonchev–Trinajstić information content (AvgIpc) is 3.46. The summed E-state index contributed by atoms with van der Waals surface area (Å²) in [4.78, 5) is 18.0. The summed E-state index contributed by atoms with van der Waals surface area (Å²) in [6, 6.07) is 13.1. The third kappa shape index (κ3) is 4.62. The molecule has 3 heterocycles. The number of nitrogens with one attached hydrogen (secondary N) is 2. The van der Waals surface area contributed by atoms with Crippen LogP contribution in [0.3, 0.4) is 0 Å². The van der Waals surface area contributed by atoms with Crippen LogP contribution >= 0.6 is 11.3 Å². The highest BCUT2D eigenvalue weighted by Gasteiger charge is 2.41. The molecule has 0 amide bonds. The lowest BCUT2D eigenvalue weighted by Crippen LogP contribution is -2.35. The van der Waals surface area contributed by atoms with Crippen LogP contribution in [0, 0.1) is 5.92 Å². The number of nitrogens with zero attached hydrogens (tertiary/aromatic N) is 4. The van der Waals surface area contributed by atoms with Crippen molar-refractivity contribution in [2.75, 3.05) is 17.2 Å². The van der Waals surface area contributed by atoms with Crippen LogP contribution in [0.2, 0.25) is 0 Å². The van der Waals surface area contributed by atoms with Crippen molar-refractivity contribution in [1.29, 1.82) is 0 Å². The maximum absolute atomic E-state index is 10.5. The second-order valence-electron chi connectivity index (χ2n) is 8.14. The molecule has 0 radical (unpaired) electrons. The quantitative estimate of drug-likeness (QED) is 0.273. The fourth-order valence-corrected chi connectivity index (χ4v) is 4.88. The number of hydrogen-bond donors (Lipinski definition) is 5. The van der Waals surface area contributed by atoms with Gasteiger partial charge in [0.25, 0.3) is 0 Å². The third-order valence-corrected chi connectivity index (χ3v) is 6.74. The van der Waals surface area contributed by atoms with E-state index in [-0.39, 0.29) is 6.61 Å². The van der Waals surface area contributed by atoms with Gasteiger partial charge in [0.2, 0.25) is 5.95 Å². The van der Waals surface area contributed by atoms with E-state index >= 15 is 0 Å². The van der Waals surface area contributed by atoms with Crippen molar-refractivity contribution < 1.29 is 15.3 Å². The number of hydrogen-bond acceptors (Lipinski definition) is 10.